The number of amides is 1. The quantitative estimate of drug-likeness (QED) is 0.497. The number of halogens is 1. The molecule has 0 atom stereocenters. The molecule has 0 bridgehead atoms. The summed E-state index contributed by atoms with van der Waals surface area (Å²) < 4.78 is 0. The summed E-state index contributed by atoms with van der Waals surface area (Å²) in [6, 6.07) is 3.72. The van der Waals surface area contributed by atoms with Crippen molar-refractivity contribution in [1.29, 1.82) is 0 Å². The summed E-state index contributed by atoms with van der Waals surface area (Å²) in [5.74, 6) is -1.34. The van der Waals surface area contributed by atoms with E-state index in [1.807, 2.05) is 0 Å². The second-order valence-corrected chi connectivity index (χ2v) is 2.52. The van der Waals surface area contributed by atoms with Gasteiger partial charge in [0.05, 0.1) is 0 Å². The molecule has 1 aromatic rings. The molecule has 64 valence electrons. The lowest BCUT2D eigenvalue weighted by Gasteiger charge is -2.10. The molecule has 0 saturated heterocycles. The number of hydrogen-bond acceptors (Lipinski definition) is 3. The fourth-order valence-corrected chi connectivity index (χ4v) is 0.912. The van der Waals surface area contributed by atoms with E-state index in [0.717, 1.165) is 6.07 Å². The standard InChI is InChI=1S/C7H6ClNO3/c8-4-1-2-6(10)5(3-4)7(11)9-12/h1-3,10,12H,(H,9,11)/p-1. The van der Waals surface area contributed by atoms with Gasteiger partial charge in [-0.3, -0.25) is 10.0 Å². The molecular formula is C7H5ClNO3-. The molecule has 0 fully saturated rings. The number of carbonyl (C=O) groups excluding carboxylic acids is 1. The fourth-order valence-electron chi connectivity index (χ4n) is 0.740. The molecule has 0 unspecified atom stereocenters. The highest BCUT2D eigenvalue weighted by molar-refractivity contribution is 6.31. The van der Waals surface area contributed by atoms with Crippen LogP contribution in [0.4, 0.5) is 0 Å². The highest BCUT2D eigenvalue weighted by Gasteiger charge is 2.04. The first-order valence-electron chi connectivity index (χ1n) is 3.06. The highest BCUT2D eigenvalue weighted by Crippen LogP contribution is 2.18. The van der Waals surface area contributed by atoms with Gasteiger partial charge in [-0.2, -0.15) is 0 Å². The minimum atomic E-state index is -0.859. The van der Waals surface area contributed by atoms with Crippen molar-refractivity contribution in [2.24, 2.45) is 0 Å². The summed E-state index contributed by atoms with van der Waals surface area (Å²) in [4.78, 5) is 10.8. The lowest BCUT2D eigenvalue weighted by molar-refractivity contribution is -0.268. The summed E-state index contributed by atoms with van der Waals surface area (Å²) in [5, 5.41) is 19.4. The Balaban J connectivity index is 3.13. The van der Waals surface area contributed by atoms with Crippen LogP contribution in [0.5, 0.6) is 5.75 Å². The second kappa shape index (κ2) is 3.42. The van der Waals surface area contributed by atoms with Crippen LogP contribution < -0.4 is 10.6 Å². The summed E-state index contributed by atoms with van der Waals surface area (Å²) >= 11 is 5.52. The zero-order chi connectivity index (χ0) is 9.14. The number of carbonyl (C=O) groups is 1. The van der Waals surface area contributed by atoms with Gasteiger partial charge in [0.15, 0.2) is 0 Å². The molecule has 0 heterocycles. The van der Waals surface area contributed by atoms with Crippen molar-refractivity contribution in [2.45, 2.75) is 0 Å². The summed E-state index contributed by atoms with van der Waals surface area (Å²) in [5.41, 5.74) is 1.18. The van der Waals surface area contributed by atoms with Gasteiger partial charge < -0.3 is 5.11 Å². The number of hydrogen-bond donors (Lipinski definition) is 2. The highest BCUT2D eigenvalue weighted by atomic mass is 35.5. The average Bonchev–Trinajstić information content (AvgIpc) is 2.08. The number of benzene rings is 1. The van der Waals surface area contributed by atoms with Crippen LogP contribution in [0.15, 0.2) is 18.2 Å². The molecule has 0 spiro atoms. The first-order chi connectivity index (χ1) is 5.65. The van der Waals surface area contributed by atoms with E-state index >= 15 is 0 Å². The molecule has 1 amide bonds. The van der Waals surface area contributed by atoms with Gasteiger partial charge in [0.2, 0.25) is 0 Å². The summed E-state index contributed by atoms with van der Waals surface area (Å²) in [6.45, 7) is 0. The normalized spacial score (nSPS) is 9.50. The van der Waals surface area contributed by atoms with Gasteiger partial charge in [0.25, 0.3) is 5.91 Å². The molecule has 12 heavy (non-hydrogen) atoms. The van der Waals surface area contributed by atoms with E-state index in [2.05, 4.69) is 0 Å². The number of hydroxylamine groups is 1. The van der Waals surface area contributed by atoms with Crippen molar-refractivity contribution >= 4 is 17.5 Å². The lowest BCUT2D eigenvalue weighted by Crippen LogP contribution is -2.20. The molecule has 2 N–H and O–H groups in total. The van der Waals surface area contributed by atoms with Crippen LogP contribution in [0, 0.1) is 0 Å². The minimum Gasteiger partial charge on any atom is -0.872 e. The number of rotatable bonds is 1. The van der Waals surface area contributed by atoms with Crippen molar-refractivity contribution in [3.63, 3.8) is 0 Å². The maximum atomic E-state index is 10.9. The molecule has 0 aliphatic carbocycles. The molecule has 0 aliphatic heterocycles. The fraction of sp³-hybridized carbons (Fsp3) is 0. The van der Waals surface area contributed by atoms with Gasteiger partial charge in [-0.05, 0) is 12.1 Å². The average molecular weight is 187 g/mol. The van der Waals surface area contributed by atoms with Crippen LogP contribution in [-0.2, 0) is 0 Å². The van der Waals surface area contributed by atoms with E-state index in [-0.39, 0.29) is 10.6 Å². The molecule has 4 nitrogen and oxygen atoms in total. The van der Waals surface area contributed by atoms with Gasteiger partial charge in [-0.15, -0.1) is 0 Å². The summed E-state index contributed by atoms with van der Waals surface area (Å²) in [6.07, 6.45) is 0. The van der Waals surface area contributed by atoms with E-state index in [9.17, 15) is 9.90 Å². The van der Waals surface area contributed by atoms with Gasteiger partial charge in [-0.1, -0.05) is 23.4 Å². The predicted molar refractivity (Wildman–Crippen MR) is 40.2 cm³/mol. The minimum absolute atomic E-state index is 0.176. The molecule has 0 aromatic heterocycles. The third-order valence-corrected chi connectivity index (χ3v) is 1.52. The molecular weight excluding hydrogens is 182 g/mol. The Morgan fingerprint density at radius 1 is 1.58 bits per heavy atom. The Morgan fingerprint density at radius 2 is 2.25 bits per heavy atom. The smallest absolute Gasteiger partial charge is 0.274 e. The van der Waals surface area contributed by atoms with E-state index in [4.69, 9.17) is 16.8 Å². The first kappa shape index (κ1) is 8.83. The van der Waals surface area contributed by atoms with Crippen LogP contribution >= 0.6 is 11.6 Å². The Labute approximate surface area is 73.4 Å². The van der Waals surface area contributed by atoms with Crippen LogP contribution in [0.1, 0.15) is 10.4 Å². The topological polar surface area (TPSA) is 72.4 Å². The van der Waals surface area contributed by atoms with Gasteiger partial charge in [0, 0.05) is 10.6 Å². The van der Waals surface area contributed by atoms with E-state index in [1.165, 1.54) is 17.6 Å². The Morgan fingerprint density at radius 3 is 2.83 bits per heavy atom. The largest absolute Gasteiger partial charge is 0.872 e. The van der Waals surface area contributed by atoms with Gasteiger partial charge in [0.1, 0.15) is 0 Å². The predicted octanol–water partition coefficient (Wildman–Crippen LogP) is 0.533. The van der Waals surface area contributed by atoms with Crippen LogP contribution in [0.3, 0.4) is 0 Å². The van der Waals surface area contributed by atoms with Crippen molar-refractivity contribution in [3.8, 4) is 5.75 Å². The molecule has 1 aromatic carbocycles. The van der Waals surface area contributed by atoms with Crippen molar-refractivity contribution in [3.05, 3.63) is 28.8 Å². The Bertz CT molecular complexity index is 314. The van der Waals surface area contributed by atoms with Crippen molar-refractivity contribution in [1.82, 2.24) is 5.48 Å². The third-order valence-electron chi connectivity index (χ3n) is 1.29. The zero-order valence-electron chi connectivity index (χ0n) is 5.87. The maximum Gasteiger partial charge on any atom is 0.274 e. The molecule has 5 heteroatoms. The lowest BCUT2D eigenvalue weighted by atomic mass is 10.2. The van der Waals surface area contributed by atoms with Gasteiger partial charge in [-0.25, -0.2) is 5.48 Å². The third kappa shape index (κ3) is 1.66. The van der Waals surface area contributed by atoms with Crippen LogP contribution in [-0.4, -0.2) is 11.1 Å². The second-order valence-electron chi connectivity index (χ2n) is 2.08. The first-order valence-corrected chi connectivity index (χ1v) is 3.44. The van der Waals surface area contributed by atoms with Crippen molar-refractivity contribution in [2.75, 3.05) is 0 Å². The molecule has 0 saturated carbocycles. The van der Waals surface area contributed by atoms with E-state index in [1.54, 1.807) is 0 Å². The van der Waals surface area contributed by atoms with Crippen LogP contribution in [0.25, 0.3) is 0 Å². The monoisotopic (exact) mass is 186 g/mol. The molecule has 0 radical (unpaired) electrons. The number of nitrogens with one attached hydrogen (secondary N) is 1. The van der Waals surface area contributed by atoms with Gasteiger partial charge >= 0.3 is 0 Å². The van der Waals surface area contributed by atoms with E-state index < -0.39 is 11.7 Å². The Hall–Kier alpha value is -1.26. The van der Waals surface area contributed by atoms with Crippen molar-refractivity contribution < 1.29 is 15.1 Å². The maximum absolute atomic E-state index is 10.9. The zero-order valence-corrected chi connectivity index (χ0v) is 6.63. The molecule has 1 rings (SSSR count). The molecule has 0 aliphatic rings. The van der Waals surface area contributed by atoms with E-state index in [0.29, 0.717) is 0 Å². The van der Waals surface area contributed by atoms with Crippen LogP contribution in [0.2, 0.25) is 5.02 Å². The Kier molecular flexibility index (Phi) is 2.52. The summed E-state index contributed by atoms with van der Waals surface area (Å²) in [7, 11) is 0. The SMILES string of the molecule is O=C(NO)c1cc(Cl)ccc1[O-].